The van der Waals surface area contributed by atoms with Gasteiger partial charge < -0.3 is 9.73 Å². The van der Waals surface area contributed by atoms with Crippen LogP contribution in [0.4, 0.5) is 0 Å². The van der Waals surface area contributed by atoms with E-state index in [1.165, 1.54) is 11.1 Å². The number of rotatable bonds is 7. The summed E-state index contributed by atoms with van der Waals surface area (Å²) >= 11 is 0. The number of hydrogen-bond donors (Lipinski definition) is 1. The Kier molecular flexibility index (Phi) is 5.89. The molecule has 2 heterocycles. The Morgan fingerprint density at radius 2 is 2.24 bits per heavy atom. The van der Waals surface area contributed by atoms with Crippen molar-refractivity contribution in [2.24, 2.45) is 0 Å². The number of benzene rings is 1. The van der Waals surface area contributed by atoms with Gasteiger partial charge in [-0.25, -0.2) is 0 Å². The van der Waals surface area contributed by atoms with E-state index < -0.39 is 0 Å². The van der Waals surface area contributed by atoms with Crippen LogP contribution in [0, 0.1) is 6.92 Å². The molecule has 1 aliphatic rings. The van der Waals surface area contributed by atoms with Crippen LogP contribution in [0.15, 0.2) is 47.1 Å². The smallest absolute Gasteiger partial charge is 0.234 e. The van der Waals surface area contributed by atoms with Crippen LogP contribution >= 0.6 is 0 Å². The quantitative estimate of drug-likeness (QED) is 0.840. The molecule has 0 spiro atoms. The van der Waals surface area contributed by atoms with Crippen LogP contribution in [0.25, 0.3) is 0 Å². The predicted octanol–water partition coefficient (Wildman–Crippen LogP) is 2.41. The number of carbonyl (C=O) groups is 1. The molecule has 1 saturated heterocycles. The highest BCUT2D eigenvalue weighted by molar-refractivity contribution is 5.78. The maximum absolute atomic E-state index is 12.2. The molecule has 1 aromatic heterocycles. The Hall–Kier alpha value is -2.11. The zero-order valence-electron chi connectivity index (χ0n) is 15.1. The monoisotopic (exact) mass is 341 g/mol. The van der Waals surface area contributed by atoms with Crippen LogP contribution < -0.4 is 5.32 Å². The van der Waals surface area contributed by atoms with Crippen molar-refractivity contribution < 1.29 is 9.21 Å². The summed E-state index contributed by atoms with van der Waals surface area (Å²) < 4.78 is 5.32. The molecule has 1 aliphatic heterocycles. The van der Waals surface area contributed by atoms with E-state index in [1.807, 2.05) is 24.1 Å². The van der Waals surface area contributed by atoms with E-state index in [0.717, 1.165) is 31.8 Å². The Bertz CT molecular complexity index is 684. The third-order valence-electron chi connectivity index (χ3n) is 4.55. The lowest BCUT2D eigenvalue weighted by atomic mass is 10.1. The topological polar surface area (TPSA) is 48.7 Å². The standard InChI is InChI=1S/C20H27N3O2/c1-16-5-3-6-17(11-16)12-23-9-8-18(13-23)21-20(24)15-22(2)14-19-7-4-10-25-19/h3-7,10-11,18H,8-9,12-15H2,1-2H3,(H,21,24). The first-order valence-electron chi connectivity index (χ1n) is 8.86. The molecule has 0 aliphatic carbocycles. The number of nitrogens with one attached hydrogen (secondary N) is 1. The summed E-state index contributed by atoms with van der Waals surface area (Å²) in [5.74, 6) is 0.956. The van der Waals surface area contributed by atoms with Gasteiger partial charge in [0.25, 0.3) is 0 Å². The van der Waals surface area contributed by atoms with Crippen molar-refractivity contribution in [2.45, 2.75) is 32.5 Å². The molecule has 3 rings (SSSR count). The maximum Gasteiger partial charge on any atom is 0.234 e. The van der Waals surface area contributed by atoms with Gasteiger partial charge in [0.15, 0.2) is 0 Å². The molecular weight excluding hydrogens is 314 g/mol. The summed E-state index contributed by atoms with van der Waals surface area (Å²) in [4.78, 5) is 16.6. The lowest BCUT2D eigenvalue weighted by molar-refractivity contribution is -0.122. The largest absolute Gasteiger partial charge is 0.468 e. The van der Waals surface area contributed by atoms with Gasteiger partial charge in [-0.3, -0.25) is 14.6 Å². The lowest BCUT2D eigenvalue weighted by Gasteiger charge is -2.19. The van der Waals surface area contributed by atoms with Crippen molar-refractivity contribution in [1.29, 1.82) is 0 Å². The first-order chi connectivity index (χ1) is 12.1. The Morgan fingerprint density at radius 3 is 3.00 bits per heavy atom. The third-order valence-corrected chi connectivity index (χ3v) is 4.55. The van der Waals surface area contributed by atoms with E-state index in [4.69, 9.17) is 4.42 Å². The summed E-state index contributed by atoms with van der Waals surface area (Å²) in [5, 5.41) is 3.16. The summed E-state index contributed by atoms with van der Waals surface area (Å²) in [6, 6.07) is 12.7. The zero-order valence-corrected chi connectivity index (χ0v) is 15.1. The first-order valence-corrected chi connectivity index (χ1v) is 8.86. The fraction of sp³-hybridized carbons (Fsp3) is 0.450. The number of hydrogen-bond acceptors (Lipinski definition) is 4. The van der Waals surface area contributed by atoms with Crippen molar-refractivity contribution in [3.63, 3.8) is 0 Å². The number of likely N-dealkylation sites (N-methyl/N-ethyl adjacent to an activating group) is 1. The van der Waals surface area contributed by atoms with Gasteiger partial charge in [-0.2, -0.15) is 0 Å². The number of likely N-dealkylation sites (tertiary alicyclic amines) is 1. The molecule has 1 N–H and O–H groups in total. The Balaban J connectivity index is 1.40. The van der Waals surface area contributed by atoms with Crippen LogP contribution in [0.1, 0.15) is 23.3 Å². The fourth-order valence-electron chi connectivity index (χ4n) is 3.41. The fourth-order valence-corrected chi connectivity index (χ4v) is 3.41. The van der Waals surface area contributed by atoms with E-state index >= 15 is 0 Å². The van der Waals surface area contributed by atoms with Crippen molar-refractivity contribution in [1.82, 2.24) is 15.1 Å². The minimum atomic E-state index is 0.0801. The van der Waals surface area contributed by atoms with Crippen LogP contribution in [-0.4, -0.2) is 48.4 Å². The minimum absolute atomic E-state index is 0.0801. The first kappa shape index (κ1) is 17.7. The van der Waals surface area contributed by atoms with Gasteiger partial charge in [-0.1, -0.05) is 29.8 Å². The van der Waals surface area contributed by atoms with E-state index in [0.29, 0.717) is 13.1 Å². The van der Waals surface area contributed by atoms with Gasteiger partial charge in [-0.05, 0) is 38.1 Å². The average molecular weight is 341 g/mol. The van der Waals surface area contributed by atoms with Gasteiger partial charge in [0.05, 0.1) is 19.4 Å². The zero-order chi connectivity index (χ0) is 17.6. The second-order valence-electron chi connectivity index (χ2n) is 7.03. The molecule has 0 saturated carbocycles. The highest BCUT2D eigenvalue weighted by Crippen LogP contribution is 2.14. The molecule has 0 bridgehead atoms. The number of amides is 1. The minimum Gasteiger partial charge on any atom is -0.468 e. The molecule has 25 heavy (non-hydrogen) atoms. The van der Waals surface area contributed by atoms with Crippen LogP contribution in [0.2, 0.25) is 0 Å². The molecule has 1 unspecified atom stereocenters. The molecular formula is C20H27N3O2. The van der Waals surface area contributed by atoms with Crippen LogP contribution in [0.5, 0.6) is 0 Å². The molecule has 1 amide bonds. The van der Waals surface area contributed by atoms with Crippen molar-refractivity contribution in [3.05, 3.63) is 59.5 Å². The van der Waals surface area contributed by atoms with Gasteiger partial charge in [0.1, 0.15) is 5.76 Å². The number of furan rings is 1. The maximum atomic E-state index is 12.2. The number of aryl methyl sites for hydroxylation is 1. The average Bonchev–Trinajstić information content (AvgIpc) is 3.19. The van der Waals surface area contributed by atoms with Crippen molar-refractivity contribution in [2.75, 3.05) is 26.7 Å². The Labute approximate surface area is 149 Å². The normalized spacial score (nSPS) is 18.0. The van der Waals surface area contributed by atoms with E-state index in [9.17, 15) is 4.79 Å². The van der Waals surface area contributed by atoms with Crippen LogP contribution in [-0.2, 0) is 17.9 Å². The SMILES string of the molecule is Cc1cccc(CN2CCC(NC(=O)CN(C)Cc3ccco3)C2)c1. The molecule has 2 aromatic rings. The number of carbonyl (C=O) groups excluding carboxylic acids is 1. The molecule has 1 fully saturated rings. The van der Waals surface area contributed by atoms with Crippen molar-refractivity contribution in [3.8, 4) is 0 Å². The molecule has 0 radical (unpaired) electrons. The summed E-state index contributed by atoms with van der Waals surface area (Å²) in [6.45, 7) is 6.05. The second-order valence-corrected chi connectivity index (χ2v) is 7.03. The lowest BCUT2D eigenvalue weighted by Crippen LogP contribution is -2.42. The highest BCUT2D eigenvalue weighted by atomic mass is 16.3. The van der Waals surface area contributed by atoms with Gasteiger partial charge in [0, 0.05) is 25.7 Å². The molecule has 1 aromatic carbocycles. The number of nitrogens with zero attached hydrogens (tertiary/aromatic N) is 2. The van der Waals surface area contributed by atoms with E-state index in [2.05, 4.69) is 41.4 Å². The van der Waals surface area contributed by atoms with Gasteiger partial charge in [0.2, 0.25) is 5.91 Å². The van der Waals surface area contributed by atoms with Crippen molar-refractivity contribution >= 4 is 5.91 Å². The van der Waals surface area contributed by atoms with Gasteiger partial charge >= 0.3 is 0 Å². The van der Waals surface area contributed by atoms with Crippen LogP contribution in [0.3, 0.4) is 0 Å². The summed E-state index contributed by atoms with van der Waals surface area (Å²) in [5.41, 5.74) is 2.63. The predicted molar refractivity (Wildman–Crippen MR) is 98.0 cm³/mol. The highest BCUT2D eigenvalue weighted by Gasteiger charge is 2.24. The molecule has 134 valence electrons. The van der Waals surface area contributed by atoms with E-state index in [1.54, 1.807) is 6.26 Å². The Morgan fingerprint density at radius 1 is 1.36 bits per heavy atom. The van der Waals surface area contributed by atoms with E-state index in [-0.39, 0.29) is 11.9 Å². The summed E-state index contributed by atoms with van der Waals surface area (Å²) in [7, 11) is 1.93. The second kappa shape index (κ2) is 8.32. The molecule has 1 atom stereocenters. The third kappa shape index (κ3) is 5.44. The van der Waals surface area contributed by atoms with Gasteiger partial charge in [-0.15, -0.1) is 0 Å². The molecule has 5 heteroatoms. The molecule has 5 nitrogen and oxygen atoms in total. The summed E-state index contributed by atoms with van der Waals surface area (Å²) in [6.07, 6.45) is 2.67.